The van der Waals surface area contributed by atoms with Crippen molar-refractivity contribution in [1.82, 2.24) is 4.31 Å². The van der Waals surface area contributed by atoms with E-state index in [0.717, 1.165) is 6.08 Å². The van der Waals surface area contributed by atoms with Crippen molar-refractivity contribution >= 4 is 22.1 Å². The smallest absolute Gasteiger partial charge is 0.328 e. The van der Waals surface area contributed by atoms with Crippen molar-refractivity contribution in [3.63, 3.8) is 0 Å². The molecule has 1 atom stereocenters. The minimum atomic E-state index is -3.68. The van der Waals surface area contributed by atoms with Crippen LogP contribution in [0.3, 0.4) is 0 Å². The quantitative estimate of drug-likeness (QED) is 0.807. The van der Waals surface area contributed by atoms with Crippen LogP contribution in [0.15, 0.2) is 35.2 Å². The van der Waals surface area contributed by atoms with Gasteiger partial charge in [0.2, 0.25) is 10.0 Å². The molecule has 2 N–H and O–H groups in total. The Hall–Kier alpha value is -1.70. The van der Waals surface area contributed by atoms with Gasteiger partial charge in [-0.25, -0.2) is 13.2 Å². The van der Waals surface area contributed by atoms with Crippen LogP contribution in [-0.2, 0) is 14.8 Å². The van der Waals surface area contributed by atoms with Gasteiger partial charge in [0.05, 0.1) is 10.5 Å². The van der Waals surface area contributed by atoms with Crippen molar-refractivity contribution < 1.29 is 23.4 Å². The summed E-state index contributed by atoms with van der Waals surface area (Å²) in [7, 11) is -3.68. The summed E-state index contributed by atoms with van der Waals surface area (Å²) in [5.41, 5.74) is -0.516. The number of sulfonamides is 1. The number of carboxylic acids is 1. The molecular weight excluding hydrogens is 294 g/mol. The van der Waals surface area contributed by atoms with E-state index in [-0.39, 0.29) is 18.0 Å². The predicted octanol–water partition coefficient (Wildman–Crippen LogP) is 0.930. The molecule has 0 spiro atoms. The second kappa shape index (κ2) is 5.59. The Balaban J connectivity index is 2.29. The van der Waals surface area contributed by atoms with Crippen LogP contribution in [0.2, 0.25) is 0 Å². The molecule has 1 aromatic rings. The van der Waals surface area contributed by atoms with Gasteiger partial charge in [-0.3, -0.25) is 0 Å². The summed E-state index contributed by atoms with van der Waals surface area (Å²) >= 11 is 0. The summed E-state index contributed by atoms with van der Waals surface area (Å²) in [5.74, 6) is -1.10. The standard InChI is InChI=1S/C14H17NO5S/c1-14(18)7-8-15(10-14)21(19,20)12-4-2-3-11(9-12)5-6-13(16)17/h2-6,9,18H,7-8,10H2,1H3,(H,16,17)/b6-5+. The van der Waals surface area contributed by atoms with Crippen molar-refractivity contribution in [1.29, 1.82) is 0 Å². The molecule has 1 saturated heterocycles. The molecule has 1 heterocycles. The van der Waals surface area contributed by atoms with Crippen LogP contribution in [0.25, 0.3) is 6.08 Å². The van der Waals surface area contributed by atoms with Gasteiger partial charge >= 0.3 is 5.97 Å². The van der Waals surface area contributed by atoms with E-state index in [1.807, 2.05) is 0 Å². The van der Waals surface area contributed by atoms with E-state index >= 15 is 0 Å². The predicted molar refractivity (Wildman–Crippen MR) is 77.1 cm³/mol. The molecule has 21 heavy (non-hydrogen) atoms. The van der Waals surface area contributed by atoms with Crippen LogP contribution >= 0.6 is 0 Å². The van der Waals surface area contributed by atoms with E-state index in [1.54, 1.807) is 19.1 Å². The van der Waals surface area contributed by atoms with Gasteiger partial charge in [-0.1, -0.05) is 12.1 Å². The van der Waals surface area contributed by atoms with Crippen LogP contribution in [0.5, 0.6) is 0 Å². The lowest BCUT2D eigenvalue weighted by atomic mass is 10.1. The summed E-state index contributed by atoms with van der Waals surface area (Å²) in [6.45, 7) is 1.93. The maximum atomic E-state index is 12.5. The summed E-state index contributed by atoms with van der Waals surface area (Å²) in [6.07, 6.45) is 2.68. The lowest BCUT2D eigenvalue weighted by molar-refractivity contribution is -0.131. The van der Waals surface area contributed by atoms with Gasteiger partial charge in [0.1, 0.15) is 0 Å². The largest absolute Gasteiger partial charge is 0.478 e. The monoisotopic (exact) mass is 311 g/mol. The lowest BCUT2D eigenvalue weighted by Gasteiger charge is -2.19. The molecular formula is C14H17NO5S. The highest BCUT2D eigenvalue weighted by Gasteiger charge is 2.38. The molecule has 1 fully saturated rings. The third-order valence-electron chi connectivity index (χ3n) is 3.33. The van der Waals surface area contributed by atoms with Crippen LogP contribution in [0, 0.1) is 0 Å². The molecule has 114 valence electrons. The van der Waals surface area contributed by atoms with Gasteiger partial charge in [-0.2, -0.15) is 4.31 Å². The maximum Gasteiger partial charge on any atom is 0.328 e. The van der Waals surface area contributed by atoms with Gasteiger partial charge < -0.3 is 10.2 Å². The molecule has 1 aromatic carbocycles. The zero-order valence-electron chi connectivity index (χ0n) is 11.6. The van der Waals surface area contributed by atoms with Gasteiger partial charge in [-0.05, 0) is 37.1 Å². The fourth-order valence-electron chi connectivity index (χ4n) is 2.20. The molecule has 0 radical (unpaired) electrons. The molecule has 0 aliphatic carbocycles. The van der Waals surface area contributed by atoms with Crippen LogP contribution in [0.4, 0.5) is 0 Å². The first-order chi connectivity index (χ1) is 9.71. The van der Waals surface area contributed by atoms with Crippen molar-refractivity contribution in [2.75, 3.05) is 13.1 Å². The topological polar surface area (TPSA) is 94.9 Å². The first kappa shape index (κ1) is 15.7. The van der Waals surface area contributed by atoms with Crippen LogP contribution in [0.1, 0.15) is 18.9 Å². The summed E-state index contributed by atoms with van der Waals surface area (Å²) in [6, 6.07) is 6.06. The van der Waals surface area contributed by atoms with E-state index in [4.69, 9.17) is 5.11 Å². The van der Waals surface area contributed by atoms with Crippen molar-refractivity contribution in [2.24, 2.45) is 0 Å². The first-order valence-electron chi connectivity index (χ1n) is 6.44. The molecule has 1 aliphatic rings. The number of hydrogen-bond donors (Lipinski definition) is 2. The molecule has 0 saturated carbocycles. The Morgan fingerprint density at radius 1 is 1.43 bits per heavy atom. The lowest BCUT2D eigenvalue weighted by Crippen LogP contribution is -2.33. The number of rotatable bonds is 4. The minimum Gasteiger partial charge on any atom is -0.478 e. The highest BCUT2D eigenvalue weighted by Crippen LogP contribution is 2.27. The molecule has 0 aromatic heterocycles. The van der Waals surface area contributed by atoms with Gasteiger partial charge in [0, 0.05) is 19.2 Å². The molecule has 6 nitrogen and oxygen atoms in total. The Bertz CT molecular complexity index is 678. The first-order valence-corrected chi connectivity index (χ1v) is 7.88. The SMILES string of the molecule is CC1(O)CCN(S(=O)(=O)c2cccc(/C=C/C(=O)O)c2)C1. The molecule has 7 heteroatoms. The average molecular weight is 311 g/mol. The normalized spacial score (nSPS) is 23.7. The minimum absolute atomic E-state index is 0.0600. The fraction of sp³-hybridized carbons (Fsp3) is 0.357. The molecule has 1 aliphatic heterocycles. The summed E-state index contributed by atoms with van der Waals surface area (Å²) in [4.78, 5) is 10.6. The third-order valence-corrected chi connectivity index (χ3v) is 5.17. The molecule has 1 unspecified atom stereocenters. The molecule has 0 amide bonds. The van der Waals surface area contributed by atoms with E-state index in [9.17, 15) is 18.3 Å². The van der Waals surface area contributed by atoms with E-state index in [2.05, 4.69) is 0 Å². The Labute approximate surface area is 123 Å². The number of aliphatic carboxylic acids is 1. The van der Waals surface area contributed by atoms with Gasteiger partial charge in [0.25, 0.3) is 0 Å². The summed E-state index contributed by atoms with van der Waals surface area (Å²) < 4.78 is 26.2. The van der Waals surface area contributed by atoms with Crippen LogP contribution < -0.4 is 0 Å². The second-order valence-electron chi connectivity index (χ2n) is 5.33. The molecule has 0 bridgehead atoms. The highest BCUT2D eigenvalue weighted by molar-refractivity contribution is 7.89. The van der Waals surface area contributed by atoms with Crippen LogP contribution in [-0.4, -0.2) is 47.6 Å². The maximum absolute atomic E-state index is 12.5. The summed E-state index contributed by atoms with van der Waals surface area (Å²) in [5, 5.41) is 18.5. The second-order valence-corrected chi connectivity index (χ2v) is 7.27. The van der Waals surface area contributed by atoms with Crippen molar-refractivity contribution in [3.8, 4) is 0 Å². The number of carboxylic acid groups (broad SMARTS) is 1. The average Bonchev–Trinajstić information content (AvgIpc) is 2.78. The zero-order valence-corrected chi connectivity index (χ0v) is 12.4. The third kappa shape index (κ3) is 3.69. The number of benzene rings is 1. The van der Waals surface area contributed by atoms with Gasteiger partial charge in [-0.15, -0.1) is 0 Å². The number of hydrogen-bond acceptors (Lipinski definition) is 4. The van der Waals surface area contributed by atoms with Gasteiger partial charge in [0.15, 0.2) is 0 Å². The van der Waals surface area contributed by atoms with E-state index < -0.39 is 21.6 Å². The number of β-amino-alcohol motifs (C(OH)–C–C–N with tert-alkyl or cyclic N) is 1. The zero-order chi connectivity index (χ0) is 15.7. The van der Waals surface area contributed by atoms with E-state index in [1.165, 1.54) is 22.5 Å². The Kier molecular flexibility index (Phi) is 4.18. The molecule has 2 rings (SSSR count). The van der Waals surface area contributed by atoms with Crippen molar-refractivity contribution in [3.05, 3.63) is 35.9 Å². The number of carbonyl (C=O) groups is 1. The van der Waals surface area contributed by atoms with E-state index in [0.29, 0.717) is 12.0 Å². The number of aliphatic hydroxyl groups is 1. The Morgan fingerprint density at radius 2 is 2.14 bits per heavy atom. The Morgan fingerprint density at radius 3 is 2.71 bits per heavy atom. The van der Waals surface area contributed by atoms with Crippen molar-refractivity contribution in [2.45, 2.75) is 23.8 Å². The fourth-order valence-corrected chi connectivity index (χ4v) is 3.82. The number of nitrogens with zero attached hydrogens (tertiary/aromatic N) is 1. The highest BCUT2D eigenvalue weighted by atomic mass is 32.2.